The number of carbonyl (C=O) groups is 1. The highest BCUT2D eigenvalue weighted by atomic mass is 16.6. The van der Waals surface area contributed by atoms with Crippen molar-refractivity contribution in [2.75, 3.05) is 19.7 Å². The molecule has 1 saturated heterocycles. The first-order valence-corrected chi connectivity index (χ1v) is 3.33. The van der Waals surface area contributed by atoms with Crippen LogP contribution in [0.1, 0.15) is 6.92 Å². The van der Waals surface area contributed by atoms with Crippen molar-refractivity contribution < 1.29 is 14.6 Å². The molecule has 1 N–H and O–H groups in total. The lowest BCUT2D eigenvalue weighted by molar-refractivity contribution is -0.000633. The van der Waals surface area contributed by atoms with Gasteiger partial charge in [0.05, 0.1) is 25.8 Å². The van der Waals surface area contributed by atoms with Crippen LogP contribution in [0.2, 0.25) is 0 Å². The molecule has 0 bridgehead atoms. The van der Waals surface area contributed by atoms with Gasteiger partial charge < -0.3 is 14.7 Å². The first kappa shape index (κ1) is 7.34. The van der Waals surface area contributed by atoms with Crippen LogP contribution in [-0.4, -0.2) is 41.9 Å². The molecule has 0 aromatic carbocycles. The Bertz CT molecular complexity index is 131. The Hall–Kier alpha value is -0.770. The largest absolute Gasteiger partial charge is 0.450 e. The third kappa shape index (κ3) is 1.39. The van der Waals surface area contributed by atoms with E-state index in [1.165, 1.54) is 4.90 Å². The van der Waals surface area contributed by atoms with Gasteiger partial charge in [-0.25, -0.2) is 4.79 Å². The average Bonchev–Trinajstić information content (AvgIpc) is 1.82. The van der Waals surface area contributed by atoms with E-state index < -0.39 is 0 Å². The molecule has 1 rings (SSSR count). The maximum Gasteiger partial charge on any atom is 0.409 e. The predicted molar refractivity (Wildman–Crippen MR) is 34.6 cm³/mol. The zero-order valence-electron chi connectivity index (χ0n) is 5.91. The fourth-order valence-electron chi connectivity index (χ4n) is 0.819. The van der Waals surface area contributed by atoms with E-state index in [0.29, 0.717) is 19.7 Å². The van der Waals surface area contributed by atoms with Crippen molar-refractivity contribution >= 4 is 6.09 Å². The summed E-state index contributed by atoms with van der Waals surface area (Å²) in [5.74, 6) is 0. The third-order valence-corrected chi connectivity index (χ3v) is 1.39. The lowest BCUT2D eigenvalue weighted by atomic mass is 10.2. The molecule has 1 amide bonds. The summed E-state index contributed by atoms with van der Waals surface area (Å²) in [5.41, 5.74) is 0. The quantitative estimate of drug-likeness (QED) is 0.556. The molecular weight excluding hydrogens is 134 g/mol. The van der Waals surface area contributed by atoms with Crippen molar-refractivity contribution in [2.45, 2.75) is 13.0 Å². The van der Waals surface area contributed by atoms with Gasteiger partial charge >= 0.3 is 6.09 Å². The summed E-state index contributed by atoms with van der Waals surface area (Å²) >= 11 is 0. The number of hydrogen-bond acceptors (Lipinski definition) is 3. The number of β-amino-alcohol motifs (C(OH)–C–C–N with tert-alkyl or cyclic N) is 1. The molecule has 0 unspecified atom stereocenters. The molecule has 4 nitrogen and oxygen atoms in total. The van der Waals surface area contributed by atoms with Gasteiger partial charge in [0, 0.05) is 0 Å². The highest BCUT2D eigenvalue weighted by molar-refractivity contribution is 5.68. The Morgan fingerprint density at radius 3 is 2.80 bits per heavy atom. The zero-order chi connectivity index (χ0) is 7.56. The minimum absolute atomic E-state index is 0.326. The van der Waals surface area contributed by atoms with Crippen molar-refractivity contribution in [3.8, 4) is 0 Å². The summed E-state index contributed by atoms with van der Waals surface area (Å²) in [6.07, 6.45) is -0.669. The van der Waals surface area contributed by atoms with E-state index in [1.807, 2.05) is 0 Å². The van der Waals surface area contributed by atoms with Crippen molar-refractivity contribution in [3.63, 3.8) is 0 Å². The van der Waals surface area contributed by atoms with Crippen LogP contribution in [0.15, 0.2) is 0 Å². The standard InChI is InChI=1S/C6H11NO3/c1-2-10-6(9)7-3-5(8)4-7/h5,8H,2-4H2,1H3. The summed E-state index contributed by atoms with van der Waals surface area (Å²) in [5, 5.41) is 8.79. The number of amides is 1. The van der Waals surface area contributed by atoms with Gasteiger partial charge in [0.2, 0.25) is 0 Å². The van der Waals surface area contributed by atoms with E-state index in [1.54, 1.807) is 6.92 Å². The number of carbonyl (C=O) groups excluding carboxylic acids is 1. The van der Waals surface area contributed by atoms with Crippen LogP contribution in [-0.2, 0) is 4.74 Å². The molecule has 4 heteroatoms. The second-order valence-electron chi connectivity index (χ2n) is 2.26. The smallest absolute Gasteiger partial charge is 0.409 e. The van der Waals surface area contributed by atoms with Crippen LogP contribution < -0.4 is 0 Å². The number of aliphatic hydroxyl groups is 1. The van der Waals surface area contributed by atoms with E-state index in [9.17, 15) is 4.79 Å². The van der Waals surface area contributed by atoms with Gasteiger partial charge in [-0.2, -0.15) is 0 Å². The Balaban J connectivity index is 2.18. The Morgan fingerprint density at radius 2 is 2.40 bits per heavy atom. The molecule has 1 aliphatic rings. The topological polar surface area (TPSA) is 49.8 Å². The van der Waals surface area contributed by atoms with Gasteiger partial charge in [0.25, 0.3) is 0 Å². The highest BCUT2D eigenvalue weighted by Crippen LogP contribution is 2.08. The molecule has 0 aromatic heterocycles. The normalized spacial score (nSPS) is 18.4. The summed E-state index contributed by atoms with van der Waals surface area (Å²) < 4.78 is 4.67. The second-order valence-corrected chi connectivity index (χ2v) is 2.26. The lowest BCUT2D eigenvalue weighted by Crippen LogP contribution is -2.53. The fraction of sp³-hybridized carbons (Fsp3) is 0.833. The van der Waals surface area contributed by atoms with Crippen LogP contribution in [0, 0.1) is 0 Å². The minimum atomic E-state index is -0.343. The predicted octanol–water partition coefficient (Wildman–Crippen LogP) is -0.181. The highest BCUT2D eigenvalue weighted by Gasteiger charge is 2.29. The molecule has 58 valence electrons. The van der Waals surface area contributed by atoms with E-state index in [0.717, 1.165) is 0 Å². The summed E-state index contributed by atoms with van der Waals surface area (Å²) in [6, 6.07) is 0. The Labute approximate surface area is 59.4 Å². The molecule has 1 fully saturated rings. The van der Waals surface area contributed by atoms with Crippen molar-refractivity contribution in [3.05, 3.63) is 0 Å². The van der Waals surface area contributed by atoms with Gasteiger partial charge in [-0.1, -0.05) is 0 Å². The lowest BCUT2D eigenvalue weighted by Gasteiger charge is -2.34. The monoisotopic (exact) mass is 145 g/mol. The zero-order valence-corrected chi connectivity index (χ0v) is 5.91. The Morgan fingerprint density at radius 1 is 1.80 bits per heavy atom. The SMILES string of the molecule is CCOC(=O)N1CC(O)C1. The molecule has 0 spiro atoms. The van der Waals surface area contributed by atoms with E-state index in [4.69, 9.17) is 5.11 Å². The number of likely N-dealkylation sites (tertiary alicyclic amines) is 1. The number of nitrogens with zero attached hydrogens (tertiary/aromatic N) is 1. The summed E-state index contributed by atoms with van der Waals surface area (Å²) in [4.78, 5) is 12.2. The third-order valence-electron chi connectivity index (χ3n) is 1.39. The van der Waals surface area contributed by atoms with E-state index in [2.05, 4.69) is 4.74 Å². The molecule has 0 radical (unpaired) electrons. The number of aliphatic hydroxyl groups excluding tert-OH is 1. The van der Waals surface area contributed by atoms with Crippen molar-refractivity contribution in [2.24, 2.45) is 0 Å². The minimum Gasteiger partial charge on any atom is -0.450 e. The first-order chi connectivity index (χ1) is 4.74. The molecule has 0 atom stereocenters. The van der Waals surface area contributed by atoms with Crippen LogP contribution in [0.4, 0.5) is 4.79 Å². The molecule has 0 aromatic rings. The van der Waals surface area contributed by atoms with Crippen molar-refractivity contribution in [1.82, 2.24) is 4.90 Å². The first-order valence-electron chi connectivity index (χ1n) is 3.33. The molecule has 0 saturated carbocycles. The maximum absolute atomic E-state index is 10.8. The van der Waals surface area contributed by atoms with Gasteiger partial charge in [-0.05, 0) is 6.92 Å². The number of ether oxygens (including phenoxy) is 1. The van der Waals surface area contributed by atoms with Gasteiger partial charge in [-0.3, -0.25) is 0 Å². The Kier molecular flexibility index (Phi) is 2.11. The molecule has 0 aliphatic carbocycles. The van der Waals surface area contributed by atoms with E-state index in [-0.39, 0.29) is 12.2 Å². The number of hydrogen-bond donors (Lipinski definition) is 1. The molecule has 1 aliphatic heterocycles. The average molecular weight is 145 g/mol. The maximum atomic E-state index is 10.8. The van der Waals surface area contributed by atoms with Crippen LogP contribution in [0.3, 0.4) is 0 Å². The van der Waals surface area contributed by atoms with Crippen LogP contribution in [0.25, 0.3) is 0 Å². The van der Waals surface area contributed by atoms with Crippen molar-refractivity contribution in [1.29, 1.82) is 0 Å². The fourth-order valence-corrected chi connectivity index (χ4v) is 0.819. The van der Waals surface area contributed by atoms with Crippen LogP contribution >= 0.6 is 0 Å². The van der Waals surface area contributed by atoms with Gasteiger partial charge in [0.1, 0.15) is 0 Å². The summed E-state index contributed by atoms with van der Waals surface area (Å²) in [7, 11) is 0. The van der Waals surface area contributed by atoms with Crippen LogP contribution in [0.5, 0.6) is 0 Å². The van der Waals surface area contributed by atoms with Gasteiger partial charge in [0.15, 0.2) is 0 Å². The van der Waals surface area contributed by atoms with E-state index >= 15 is 0 Å². The number of rotatable bonds is 1. The summed E-state index contributed by atoms with van der Waals surface area (Å²) in [6.45, 7) is 2.98. The molecule has 1 heterocycles. The second kappa shape index (κ2) is 2.88. The molecular formula is C6H11NO3. The molecule has 10 heavy (non-hydrogen) atoms. The van der Waals surface area contributed by atoms with Gasteiger partial charge in [-0.15, -0.1) is 0 Å².